The summed E-state index contributed by atoms with van der Waals surface area (Å²) in [5.41, 5.74) is 1.35. The van der Waals surface area contributed by atoms with Crippen LogP contribution < -0.4 is 4.74 Å². The molecule has 1 aliphatic rings. The number of rotatable bonds is 5. The van der Waals surface area contributed by atoms with Crippen molar-refractivity contribution in [2.45, 2.75) is 12.8 Å². The third kappa shape index (κ3) is 4.64. The Labute approximate surface area is 158 Å². The molecule has 0 aliphatic carbocycles. The Kier molecular flexibility index (Phi) is 6.06. The molecule has 0 radical (unpaired) electrons. The summed E-state index contributed by atoms with van der Waals surface area (Å²) in [6, 6.07) is 13.5. The normalized spacial score (nSPS) is 14.1. The monoisotopic (exact) mass is 370 g/mol. The Bertz CT molecular complexity index is 817. The highest BCUT2D eigenvalue weighted by atomic mass is 19.1. The molecule has 0 aromatic heterocycles. The van der Waals surface area contributed by atoms with Crippen molar-refractivity contribution in [1.29, 1.82) is 0 Å². The minimum absolute atomic E-state index is 0.0312. The van der Waals surface area contributed by atoms with Gasteiger partial charge in [0.1, 0.15) is 11.6 Å². The third-order valence-electron chi connectivity index (χ3n) is 4.77. The van der Waals surface area contributed by atoms with E-state index in [0.29, 0.717) is 50.3 Å². The fraction of sp³-hybridized carbons (Fsp3) is 0.333. The zero-order chi connectivity index (χ0) is 19.2. The van der Waals surface area contributed by atoms with Crippen molar-refractivity contribution in [3.8, 4) is 5.75 Å². The Morgan fingerprint density at radius 3 is 2.41 bits per heavy atom. The van der Waals surface area contributed by atoms with Crippen LogP contribution in [0.2, 0.25) is 0 Å². The molecule has 0 bridgehead atoms. The number of halogens is 1. The Morgan fingerprint density at radius 1 is 1.00 bits per heavy atom. The third-order valence-corrected chi connectivity index (χ3v) is 4.77. The molecular weight excluding hydrogens is 347 g/mol. The van der Waals surface area contributed by atoms with E-state index < -0.39 is 0 Å². The van der Waals surface area contributed by atoms with Gasteiger partial charge in [0.05, 0.1) is 12.7 Å². The molecule has 1 aliphatic heterocycles. The average Bonchev–Trinajstić information content (AvgIpc) is 2.71. The van der Waals surface area contributed by atoms with Crippen LogP contribution in [0.25, 0.3) is 0 Å². The molecule has 1 saturated heterocycles. The van der Waals surface area contributed by atoms with Gasteiger partial charge in [-0.25, -0.2) is 4.39 Å². The standard InChI is InChI=1S/C21H23FN2O3/c1-27-19-8-3-2-7-18(19)21(26)24-13-11-23(12-14-24)20(25)10-9-16-5-4-6-17(22)15-16/h2-8,15H,9-14H2,1H3. The first-order valence-electron chi connectivity index (χ1n) is 9.03. The highest BCUT2D eigenvalue weighted by Crippen LogP contribution is 2.20. The molecule has 5 nitrogen and oxygen atoms in total. The molecule has 0 atom stereocenters. The lowest BCUT2D eigenvalue weighted by Crippen LogP contribution is -2.50. The number of nitrogens with zero attached hydrogens (tertiary/aromatic N) is 2. The maximum atomic E-state index is 13.2. The van der Waals surface area contributed by atoms with Gasteiger partial charge >= 0.3 is 0 Å². The first-order chi connectivity index (χ1) is 13.1. The molecule has 1 heterocycles. The Balaban J connectivity index is 1.52. The quantitative estimate of drug-likeness (QED) is 0.813. The number of hydrogen-bond donors (Lipinski definition) is 0. The van der Waals surface area contributed by atoms with Crippen LogP contribution in [-0.4, -0.2) is 54.9 Å². The second-order valence-corrected chi connectivity index (χ2v) is 6.50. The minimum atomic E-state index is -0.289. The summed E-state index contributed by atoms with van der Waals surface area (Å²) in [7, 11) is 1.54. The van der Waals surface area contributed by atoms with Crippen LogP contribution in [-0.2, 0) is 11.2 Å². The summed E-state index contributed by atoms with van der Waals surface area (Å²) < 4.78 is 18.5. The van der Waals surface area contributed by atoms with E-state index in [1.165, 1.54) is 12.1 Å². The molecule has 0 unspecified atom stereocenters. The molecule has 1 fully saturated rings. The highest BCUT2D eigenvalue weighted by Gasteiger charge is 2.26. The fourth-order valence-electron chi connectivity index (χ4n) is 3.25. The van der Waals surface area contributed by atoms with Gasteiger partial charge in [0.15, 0.2) is 0 Å². The van der Waals surface area contributed by atoms with Crippen LogP contribution in [0.4, 0.5) is 4.39 Å². The smallest absolute Gasteiger partial charge is 0.257 e. The largest absolute Gasteiger partial charge is 0.496 e. The summed E-state index contributed by atoms with van der Waals surface area (Å²) in [5, 5.41) is 0. The van der Waals surface area contributed by atoms with Crippen molar-refractivity contribution in [1.82, 2.24) is 9.80 Å². The molecule has 0 N–H and O–H groups in total. The van der Waals surface area contributed by atoms with Crippen molar-refractivity contribution in [2.24, 2.45) is 0 Å². The van der Waals surface area contributed by atoms with Crippen LogP contribution in [0, 0.1) is 5.82 Å². The maximum Gasteiger partial charge on any atom is 0.257 e. The van der Waals surface area contributed by atoms with E-state index >= 15 is 0 Å². The van der Waals surface area contributed by atoms with Gasteiger partial charge in [0.2, 0.25) is 5.91 Å². The van der Waals surface area contributed by atoms with Crippen LogP contribution in [0.3, 0.4) is 0 Å². The summed E-state index contributed by atoms with van der Waals surface area (Å²) in [4.78, 5) is 28.6. The van der Waals surface area contributed by atoms with Crippen LogP contribution in [0.5, 0.6) is 5.75 Å². The van der Waals surface area contributed by atoms with Crippen LogP contribution in [0.15, 0.2) is 48.5 Å². The summed E-state index contributed by atoms with van der Waals surface area (Å²) >= 11 is 0. The number of benzene rings is 2. The molecule has 2 amide bonds. The Hall–Kier alpha value is -2.89. The van der Waals surface area contributed by atoms with Crippen molar-refractivity contribution in [3.05, 3.63) is 65.5 Å². The highest BCUT2D eigenvalue weighted by molar-refractivity contribution is 5.97. The van der Waals surface area contributed by atoms with E-state index in [1.807, 2.05) is 18.2 Å². The number of carbonyl (C=O) groups is 2. The van der Waals surface area contributed by atoms with E-state index in [4.69, 9.17) is 4.74 Å². The van der Waals surface area contributed by atoms with Gasteiger partial charge in [-0.1, -0.05) is 24.3 Å². The van der Waals surface area contributed by atoms with E-state index in [1.54, 1.807) is 35.1 Å². The van der Waals surface area contributed by atoms with Gasteiger partial charge in [-0.15, -0.1) is 0 Å². The second kappa shape index (κ2) is 8.66. The van der Waals surface area contributed by atoms with E-state index in [2.05, 4.69) is 0 Å². The SMILES string of the molecule is COc1ccccc1C(=O)N1CCN(C(=O)CCc2cccc(F)c2)CC1. The van der Waals surface area contributed by atoms with Gasteiger partial charge in [-0.3, -0.25) is 9.59 Å². The lowest BCUT2D eigenvalue weighted by molar-refractivity contribution is -0.132. The lowest BCUT2D eigenvalue weighted by atomic mass is 10.1. The van der Waals surface area contributed by atoms with Gasteiger partial charge in [0.25, 0.3) is 5.91 Å². The maximum absolute atomic E-state index is 13.2. The summed E-state index contributed by atoms with van der Waals surface area (Å²) in [6.45, 7) is 1.98. The number of hydrogen-bond acceptors (Lipinski definition) is 3. The molecule has 2 aromatic rings. The Morgan fingerprint density at radius 2 is 1.70 bits per heavy atom. The lowest BCUT2D eigenvalue weighted by Gasteiger charge is -2.35. The van der Waals surface area contributed by atoms with E-state index in [-0.39, 0.29) is 17.6 Å². The average molecular weight is 370 g/mol. The molecular formula is C21H23FN2O3. The zero-order valence-electron chi connectivity index (χ0n) is 15.4. The summed E-state index contributed by atoms with van der Waals surface area (Å²) in [5.74, 6) is 0.211. The predicted molar refractivity (Wildman–Crippen MR) is 100 cm³/mol. The fourth-order valence-corrected chi connectivity index (χ4v) is 3.25. The zero-order valence-corrected chi connectivity index (χ0v) is 15.4. The van der Waals surface area contributed by atoms with Crippen molar-refractivity contribution >= 4 is 11.8 Å². The van der Waals surface area contributed by atoms with Gasteiger partial charge < -0.3 is 14.5 Å². The van der Waals surface area contributed by atoms with Gasteiger partial charge in [0, 0.05) is 32.6 Å². The molecule has 0 spiro atoms. The molecule has 27 heavy (non-hydrogen) atoms. The van der Waals surface area contributed by atoms with Crippen molar-refractivity contribution < 1.29 is 18.7 Å². The number of carbonyl (C=O) groups excluding carboxylic acids is 2. The van der Waals surface area contributed by atoms with E-state index in [0.717, 1.165) is 5.56 Å². The minimum Gasteiger partial charge on any atom is -0.496 e. The topological polar surface area (TPSA) is 49.9 Å². The number of para-hydroxylation sites is 1. The first-order valence-corrected chi connectivity index (χ1v) is 9.03. The van der Waals surface area contributed by atoms with Crippen molar-refractivity contribution in [2.75, 3.05) is 33.3 Å². The number of methoxy groups -OCH3 is 1. The van der Waals surface area contributed by atoms with Gasteiger partial charge in [-0.05, 0) is 36.2 Å². The molecule has 2 aromatic carbocycles. The van der Waals surface area contributed by atoms with E-state index in [9.17, 15) is 14.0 Å². The summed E-state index contributed by atoms with van der Waals surface area (Å²) in [6.07, 6.45) is 0.848. The number of piperazine rings is 1. The molecule has 0 saturated carbocycles. The first kappa shape index (κ1) is 18.9. The number of ether oxygens (including phenoxy) is 1. The molecule has 6 heteroatoms. The van der Waals surface area contributed by atoms with Crippen LogP contribution in [0.1, 0.15) is 22.3 Å². The number of amides is 2. The molecule has 142 valence electrons. The second-order valence-electron chi connectivity index (χ2n) is 6.50. The van der Waals surface area contributed by atoms with Crippen molar-refractivity contribution in [3.63, 3.8) is 0 Å². The molecule has 3 rings (SSSR count). The predicted octanol–water partition coefficient (Wildman–Crippen LogP) is 2.75. The van der Waals surface area contributed by atoms with Crippen LogP contribution >= 0.6 is 0 Å². The van der Waals surface area contributed by atoms with Gasteiger partial charge in [-0.2, -0.15) is 0 Å². The number of aryl methyl sites for hydroxylation is 1.